The van der Waals surface area contributed by atoms with E-state index in [1.165, 1.54) is 31.2 Å². The van der Waals surface area contributed by atoms with Gasteiger partial charge in [0.05, 0.1) is 17.1 Å². The monoisotopic (exact) mass is 501 g/mol. The molecular weight excluding hydrogens is 474 g/mol. The van der Waals surface area contributed by atoms with E-state index in [1.54, 1.807) is 18.2 Å². The third-order valence-electron chi connectivity index (χ3n) is 6.06. The summed E-state index contributed by atoms with van der Waals surface area (Å²) < 4.78 is 34.6. The lowest BCUT2D eigenvalue weighted by Gasteiger charge is -2.22. The summed E-state index contributed by atoms with van der Waals surface area (Å²) in [6.45, 7) is -0.189. The number of halogens is 1. The van der Waals surface area contributed by atoms with E-state index in [0.717, 1.165) is 18.4 Å². The number of aromatic nitrogens is 2. The van der Waals surface area contributed by atoms with Crippen molar-refractivity contribution in [3.63, 3.8) is 0 Å². The minimum atomic E-state index is -3.90. The molecule has 7 nitrogen and oxygen atoms in total. The van der Waals surface area contributed by atoms with E-state index in [4.69, 9.17) is 16.3 Å². The minimum absolute atomic E-state index is 0.0152. The Labute approximate surface area is 205 Å². The van der Waals surface area contributed by atoms with E-state index in [9.17, 15) is 13.5 Å². The Morgan fingerprint density at radius 1 is 1.03 bits per heavy atom. The number of aliphatic hydroxyl groups is 1. The molecule has 2 N–H and O–H groups in total. The lowest BCUT2D eigenvalue weighted by atomic mass is 9.84. The number of ether oxygens (including phenoxy) is 1. The molecule has 1 aromatic heterocycles. The predicted molar refractivity (Wildman–Crippen MR) is 132 cm³/mol. The molecule has 1 fully saturated rings. The van der Waals surface area contributed by atoms with Crippen LogP contribution in [0.2, 0.25) is 5.02 Å². The molecule has 0 unspecified atom stereocenters. The molecule has 0 radical (unpaired) electrons. The van der Waals surface area contributed by atoms with E-state index in [1.807, 2.05) is 30.3 Å². The normalized spacial score (nSPS) is 14.6. The highest BCUT2D eigenvalue weighted by atomic mass is 35.5. The summed E-state index contributed by atoms with van der Waals surface area (Å²) in [5.74, 6) is 0.794. The highest BCUT2D eigenvalue weighted by Gasteiger charge is 2.22. The van der Waals surface area contributed by atoms with Crippen LogP contribution in [0.3, 0.4) is 0 Å². The van der Waals surface area contributed by atoms with E-state index in [-0.39, 0.29) is 36.2 Å². The molecule has 1 aliphatic rings. The third kappa shape index (κ3) is 5.87. The molecule has 180 valence electrons. The maximum atomic E-state index is 13.2. The number of nitrogens with zero attached hydrogens (tertiary/aromatic N) is 2. The van der Waals surface area contributed by atoms with Crippen molar-refractivity contribution in [1.29, 1.82) is 0 Å². The number of nitrogens with one attached hydrogen (secondary N) is 1. The molecule has 0 atom stereocenters. The van der Waals surface area contributed by atoms with Crippen LogP contribution in [0.1, 0.15) is 54.7 Å². The quantitative estimate of drug-likeness (QED) is 0.430. The van der Waals surface area contributed by atoms with Gasteiger partial charge in [0.15, 0.2) is 5.82 Å². The smallest absolute Gasteiger partial charge is 0.263 e. The van der Waals surface area contributed by atoms with Crippen LogP contribution < -0.4 is 9.46 Å². The van der Waals surface area contributed by atoms with Gasteiger partial charge in [-0.1, -0.05) is 61.2 Å². The van der Waals surface area contributed by atoms with Gasteiger partial charge in [0.2, 0.25) is 5.88 Å². The zero-order valence-corrected chi connectivity index (χ0v) is 20.4. The number of benzene rings is 2. The molecule has 1 heterocycles. The van der Waals surface area contributed by atoms with E-state index < -0.39 is 10.0 Å². The van der Waals surface area contributed by atoms with E-state index in [0.29, 0.717) is 16.5 Å². The van der Waals surface area contributed by atoms with Crippen molar-refractivity contribution in [2.75, 3.05) is 17.9 Å². The molecule has 0 amide bonds. The molecule has 9 heteroatoms. The van der Waals surface area contributed by atoms with Crippen molar-refractivity contribution in [2.24, 2.45) is 0 Å². The summed E-state index contributed by atoms with van der Waals surface area (Å²) in [7, 11) is -3.90. The van der Waals surface area contributed by atoms with Crippen LogP contribution in [0.5, 0.6) is 5.88 Å². The molecule has 34 heavy (non-hydrogen) atoms. The Balaban J connectivity index is 1.62. The molecule has 0 saturated heterocycles. The highest BCUT2D eigenvalue weighted by molar-refractivity contribution is 7.92. The van der Waals surface area contributed by atoms with Crippen LogP contribution in [0.15, 0.2) is 59.8 Å². The van der Waals surface area contributed by atoms with E-state index >= 15 is 0 Å². The largest absolute Gasteiger partial charge is 0.475 e. The first-order chi connectivity index (χ1) is 16.5. The van der Waals surface area contributed by atoms with Gasteiger partial charge in [-0.25, -0.2) is 18.4 Å². The lowest BCUT2D eigenvalue weighted by Crippen LogP contribution is -2.17. The van der Waals surface area contributed by atoms with Crippen molar-refractivity contribution in [2.45, 2.75) is 49.3 Å². The maximum absolute atomic E-state index is 13.2. The summed E-state index contributed by atoms with van der Waals surface area (Å²) in [6.07, 6.45) is 7.48. The average molecular weight is 502 g/mol. The Kier molecular flexibility index (Phi) is 8.03. The highest BCUT2D eigenvalue weighted by Crippen LogP contribution is 2.33. The molecule has 0 aliphatic heterocycles. The van der Waals surface area contributed by atoms with Crippen molar-refractivity contribution < 1.29 is 18.3 Å². The number of hydrogen-bond donors (Lipinski definition) is 2. The zero-order chi connectivity index (χ0) is 24.0. The topological polar surface area (TPSA) is 101 Å². The number of hydrogen-bond acceptors (Lipinski definition) is 6. The van der Waals surface area contributed by atoms with Crippen LogP contribution >= 0.6 is 11.6 Å². The van der Waals surface area contributed by atoms with Gasteiger partial charge in [0.25, 0.3) is 10.0 Å². The van der Waals surface area contributed by atoms with Crippen molar-refractivity contribution >= 4 is 27.4 Å². The SMILES string of the molecule is O=S(=O)(Nc1ncnc(OCCO)c1Cc1ccccc1Cl)c1ccc(C2CCCCC2)cc1. The summed E-state index contributed by atoms with van der Waals surface area (Å²) in [5.41, 5.74) is 2.39. The second-order valence-corrected chi connectivity index (χ2v) is 10.4. The van der Waals surface area contributed by atoms with Gasteiger partial charge in [-0.05, 0) is 48.1 Å². The van der Waals surface area contributed by atoms with Crippen molar-refractivity contribution in [3.8, 4) is 5.88 Å². The van der Waals surface area contributed by atoms with Crippen LogP contribution in [-0.2, 0) is 16.4 Å². The number of rotatable bonds is 9. The fourth-order valence-corrected chi connectivity index (χ4v) is 5.53. The number of anilines is 1. The minimum Gasteiger partial charge on any atom is -0.475 e. The molecule has 3 aromatic rings. The molecule has 4 rings (SSSR count). The fraction of sp³-hybridized carbons (Fsp3) is 0.360. The summed E-state index contributed by atoms with van der Waals surface area (Å²) in [5, 5.41) is 9.71. The molecule has 1 aliphatic carbocycles. The number of aliphatic hydroxyl groups excluding tert-OH is 1. The Morgan fingerprint density at radius 3 is 2.47 bits per heavy atom. The van der Waals surface area contributed by atoms with Crippen molar-refractivity contribution in [3.05, 3.63) is 76.6 Å². The molecule has 2 aromatic carbocycles. The zero-order valence-electron chi connectivity index (χ0n) is 18.8. The van der Waals surface area contributed by atoms with Gasteiger partial charge in [0, 0.05) is 11.4 Å². The lowest BCUT2D eigenvalue weighted by molar-refractivity contribution is 0.195. The summed E-state index contributed by atoms with van der Waals surface area (Å²) in [4.78, 5) is 8.49. The summed E-state index contributed by atoms with van der Waals surface area (Å²) in [6, 6.07) is 14.4. The molecule has 1 saturated carbocycles. The average Bonchev–Trinajstić information content (AvgIpc) is 2.86. The predicted octanol–water partition coefficient (Wildman–Crippen LogP) is 4.94. The van der Waals surface area contributed by atoms with Gasteiger partial charge in [0.1, 0.15) is 12.9 Å². The van der Waals surface area contributed by atoms with Crippen LogP contribution in [-0.4, -0.2) is 36.7 Å². The Bertz CT molecular complexity index is 1210. The van der Waals surface area contributed by atoms with Crippen molar-refractivity contribution in [1.82, 2.24) is 9.97 Å². The van der Waals surface area contributed by atoms with Gasteiger partial charge in [-0.2, -0.15) is 0 Å². The molecule has 0 bridgehead atoms. The summed E-state index contributed by atoms with van der Waals surface area (Å²) >= 11 is 6.33. The second-order valence-electron chi connectivity index (χ2n) is 8.36. The van der Waals surface area contributed by atoms with Crippen LogP contribution in [0, 0.1) is 0 Å². The van der Waals surface area contributed by atoms with Crippen LogP contribution in [0.4, 0.5) is 5.82 Å². The maximum Gasteiger partial charge on any atom is 0.263 e. The molecule has 0 spiro atoms. The van der Waals surface area contributed by atoms with Crippen LogP contribution in [0.25, 0.3) is 0 Å². The fourth-order valence-electron chi connectivity index (χ4n) is 4.28. The van der Waals surface area contributed by atoms with E-state index in [2.05, 4.69) is 14.7 Å². The van der Waals surface area contributed by atoms with Gasteiger partial charge >= 0.3 is 0 Å². The Hall–Kier alpha value is -2.68. The van der Waals surface area contributed by atoms with Gasteiger partial charge in [-0.15, -0.1) is 0 Å². The third-order valence-corrected chi connectivity index (χ3v) is 7.78. The second kappa shape index (κ2) is 11.2. The van der Waals surface area contributed by atoms with Gasteiger partial charge < -0.3 is 9.84 Å². The Morgan fingerprint density at radius 2 is 1.76 bits per heavy atom. The van der Waals surface area contributed by atoms with Gasteiger partial charge in [-0.3, -0.25) is 4.72 Å². The molecular formula is C25H28ClN3O4S. The first-order valence-corrected chi connectivity index (χ1v) is 13.3. The first-order valence-electron chi connectivity index (χ1n) is 11.4. The first kappa shape index (κ1) is 24.4. The standard InChI is InChI=1S/C25H28ClN3O4S/c26-23-9-5-4-8-20(23)16-22-24(27-17-28-25(22)33-15-14-30)29-34(31,32)21-12-10-19(11-13-21)18-6-2-1-3-7-18/h4-5,8-13,17-18,30H,1-3,6-7,14-16H2,(H,27,28,29). The number of sulfonamides is 1.